The zero-order valence-corrected chi connectivity index (χ0v) is 21.9. The van der Waals surface area contributed by atoms with Crippen LogP contribution < -0.4 is 5.43 Å². The molecule has 2 rings (SSSR count). The second-order valence-electron chi connectivity index (χ2n) is 10.3. The molecule has 2 aromatic carbocycles. The first-order chi connectivity index (χ1) is 14.4. The maximum Gasteiger partial charge on any atom is 0.157 e. The number of rotatable bonds is 8. The number of hydrazone groups is 1. The predicted molar refractivity (Wildman–Crippen MR) is 139 cm³/mol. The molecule has 0 radical (unpaired) electrons. The fraction of sp³-hybridized carbons (Fsp3) is 0.536. The lowest BCUT2D eigenvalue weighted by atomic mass is 9.85. The minimum atomic E-state index is 0.368. The Morgan fingerprint density at radius 2 is 1.00 bits per heavy atom. The fourth-order valence-corrected chi connectivity index (χ4v) is 4.03. The number of halogens is 1. The Kier molecular flexibility index (Phi) is 8.77. The van der Waals surface area contributed by atoms with E-state index in [1.807, 2.05) is 0 Å². The van der Waals surface area contributed by atoms with Gasteiger partial charge in [-0.2, -0.15) is 5.10 Å². The van der Waals surface area contributed by atoms with Crippen molar-refractivity contribution in [1.29, 1.82) is 0 Å². The van der Waals surface area contributed by atoms with E-state index in [4.69, 9.17) is 11.6 Å². The van der Waals surface area contributed by atoms with Crippen molar-refractivity contribution in [3.05, 3.63) is 63.7 Å². The largest absolute Gasteiger partial charge is 0.277 e. The topological polar surface area (TPSA) is 24.4 Å². The van der Waals surface area contributed by atoms with Crippen LogP contribution in [0.15, 0.2) is 35.4 Å². The van der Waals surface area contributed by atoms with E-state index < -0.39 is 0 Å². The lowest BCUT2D eigenvalue weighted by Gasteiger charge is -2.22. The molecule has 2 nitrogen and oxygen atoms in total. The fourth-order valence-electron chi connectivity index (χ4n) is 3.77. The van der Waals surface area contributed by atoms with Gasteiger partial charge in [-0.15, -0.1) is 0 Å². The number of anilines is 1. The second kappa shape index (κ2) is 10.7. The van der Waals surface area contributed by atoms with Gasteiger partial charge in [-0.25, -0.2) is 0 Å². The average Bonchev–Trinajstić information content (AvgIpc) is 2.70. The van der Waals surface area contributed by atoms with Crippen molar-refractivity contribution in [2.45, 2.75) is 98.8 Å². The number of benzene rings is 2. The van der Waals surface area contributed by atoms with Crippen LogP contribution in [0.2, 0.25) is 0 Å². The molecule has 1 N–H and O–H groups in total. The van der Waals surface area contributed by atoms with Crippen LogP contribution in [0.1, 0.15) is 132 Å². The molecule has 2 aromatic rings. The highest BCUT2D eigenvalue weighted by molar-refractivity contribution is 6.70. The first kappa shape index (κ1) is 25.5. The number of hydrogen-bond donors (Lipinski definition) is 1. The zero-order valence-electron chi connectivity index (χ0n) is 21.1. The van der Waals surface area contributed by atoms with Gasteiger partial charge in [-0.05, 0) is 69.5 Å². The normalized spacial score (nSPS) is 12.7. The molecule has 3 heteroatoms. The number of nitrogens with one attached hydrogen (secondary N) is 1. The molecule has 0 atom stereocenters. The maximum absolute atomic E-state index is 6.88. The van der Waals surface area contributed by atoms with Gasteiger partial charge in [0.25, 0.3) is 0 Å². The van der Waals surface area contributed by atoms with E-state index in [0.717, 1.165) is 11.3 Å². The van der Waals surface area contributed by atoms with Crippen molar-refractivity contribution in [2.24, 2.45) is 5.10 Å². The van der Waals surface area contributed by atoms with Crippen molar-refractivity contribution in [1.82, 2.24) is 0 Å². The third-order valence-electron chi connectivity index (χ3n) is 5.93. The minimum absolute atomic E-state index is 0.368. The highest BCUT2D eigenvalue weighted by Gasteiger charge is 2.20. The van der Waals surface area contributed by atoms with E-state index >= 15 is 0 Å². The molecule has 0 aliphatic carbocycles. The summed E-state index contributed by atoms with van der Waals surface area (Å²) < 4.78 is 0. The summed E-state index contributed by atoms with van der Waals surface area (Å²) in [4.78, 5) is 0. The maximum atomic E-state index is 6.88. The molecule has 0 aromatic heterocycles. The van der Waals surface area contributed by atoms with Crippen molar-refractivity contribution >= 4 is 22.5 Å². The summed E-state index contributed by atoms with van der Waals surface area (Å²) in [5.41, 5.74) is 11.8. The predicted octanol–water partition coefficient (Wildman–Crippen LogP) is 9.32. The monoisotopic (exact) mass is 440 g/mol. The molecule has 0 spiro atoms. The molecular formula is C28H41ClN2. The van der Waals surface area contributed by atoms with E-state index in [2.05, 4.69) is 110 Å². The van der Waals surface area contributed by atoms with Gasteiger partial charge >= 0.3 is 0 Å². The van der Waals surface area contributed by atoms with Gasteiger partial charge < -0.3 is 0 Å². The Hall–Kier alpha value is -1.80. The second-order valence-corrected chi connectivity index (χ2v) is 10.6. The quantitative estimate of drug-likeness (QED) is 0.320. The summed E-state index contributed by atoms with van der Waals surface area (Å²) in [5.74, 6) is 2.13. The van der Waals surface area contributed by atoms with Crippen LogP contribution in [-0.4, -0.2) is 5.17 Å². The highest BCUT2D eigenvalue weighted by atomic mass is 35.5. The molecule has 0 aliphatic rings. The Balaban J connectivity index is 2.55. The van der Waals surface area contributed by atoms with Gasteiger partial charge in [-0.1, -0.05) is 99.0 Å². The average molecular weight is 441 g/mol. The van der Waals surface area contributed by atoms with E-state index in [0.29, 0.717) is 34.8 Å². The van der Waals surface area contributed by atoms with Crippen molar-refractivity contribution < 1.29 is 0 Å². The van der Waals surface area contributed by atoms with Crippen LogP contribution in [0.4, 0.5) is 5.69 Å². The zero-order chi connectivity index (χ0) is 23.5. The molecule has 0 bridgehead atoms. The van der Waals surface area contributed by atoms with Crippen molar-refractivity contribution in [2.75, 3.05) is 5.43 Å². The Morgan fingerprint density at radius 1 is 0.613 bits per heavy atom. The molecule has 0 saturated heterocycles. The molecule has 0 heterocycles. The molecule has 0 aliphatic heterocycles. The van der Waals surface area contributed by atoms with E-state index in [1.165, 1.54) is 27.8 Å². The molecule has 0 amide bonds. The van der Waals surface area contributed by atoms with Crippen LogP contribution in [0, 0.1) is 0 Å². The molecule has 0 unspecified atom stereocenters. The summed E-state index contributed by atoms with van der Waals surface area (Å²) in [6, 6.07) is 11.3. The van der Waals surface area contributed by atoms with Crippen LogP contribution in [0.25, 0.3) is 0 Å². The molecule has 170 valence electrons. The minimum Gasteiger partial charge on any atom is -0.277 e. The molecular weight excluding hydrogens is 400 g/mol. The van der Waals surface area contributed by atoms with Crippen LogP contribution in [-0.2, 0) is 0 Å². The SMILES string of the molecule is CC(C)c1cc(NN=C(Cl)c2c(C(C)C)cc(C(C)C)cc2C(C)C)cc(C(C)C)c1. The third-order valence-corrected chi connectivity index (χ3v) is 6.21. The van der Waals surface area contributed by atoms with Crippen LogP contribution >= 0.6 is 11.6 Å². The van der Waals surface area contributed by atoms with Gasteiger partial charge in [0.05, 0.1) is 5.69 Å². The lowest BCUT2D eigenvalue weighted by Crippen LogP contribution is -2.11. The Labute approximate surface area is 195 Å². The van der Waals surface area contributed by atoms with Gasteiger partial charge in [0, 0.05) is 5.56 Å². The summed E-state index contributed by atoms with van der Waals surface area (Å²) in [7, 11) is 0. The van der Waals surface area contributed by atoms with Gasteiger partial charge in [0.2, 0.25) is 0 Å². The van der Waals surface area contributed by atoms with Gasteiger partial charge in [-0.3, -0.25) is 5.43 Å². The standard InChI is InChI=1S/C28H41ClN2/c1-16(2)21-11-22(17(3)4)13-24(12-21)30-31-28(29)27-25(19(7)8)14-23(18(5)6)15-26(27)20(9)10/h11-20,30H,1-10H3. The highest BCUT2D eigenvalue weighted by Crippen LogP contribution is 2.33. The smallest absolute Gasteiger partial charge is 0.157 e. The van der Waals surface area contributed by atoms with E-state index in [1.54, 1.807) is 0 Å². The molecule has 0 saturated carbocycles. The first-order valence-electron chi connectivity index (χ1n) is 11.7. The first-order valence-corrected chi connectivity index (χ1v) is 12.1. The lowest BCUT2D eigenvalue weighted by molar-refractivity contribution is 0.801. The Bertz CT molecular complexity index is 865. The third kappa shape index (κ3) is 6.35. The van der Waals surface area contributed by atoms with Gasteiger partial charge in [0.1, 0.15) is 0 Å². The van der Waals surface area contributed by atoms with Crippen LogP contribution in [0.5, 0.6) is 0 Å². The Morgan fingerprint density at radius 3 is 1.35 bits per heavy atom. The van der Waals surface area contributed by atoms with Crippen LogP contribution in [0.3, 0.4) is 0 Å². The summed E-state index contributed by atoms with van der Waals surface area (Å²) in [5, 5.41) is 5.19. The van der Waals surface area contributed by atoms with Crippen molar-refractivity contribution in [3.63, 3.8) is 0 Å². The molecule has 0 fully saturated rings. The summed E-state index contributed by atoms with van der Waals surface area (Å²) >= 11 is 6.88. The number of nitrogens with zero attached hydrogens (tertiary/aromatic N) is 1. The summed E-state index contributed by atoms with van der Waals surface area (Å²) in [6.45, 7) is 22.3. The van der Waals surface area contributed by atoms with E-state index in [-0.39, 0.29) is 0 Å². The van der Waals surface area contributed by atoms with E-state index in [9.17, 15) is 0 Å². The van der Waals surface area contributed by atoms with Gasteiger partial charge in [0.15, 0.2) is 5.17 Å². The number of hydrogen-bond acceptors (Lipinski definition) is 2. The molecule has 31 heavy (non-hydrogen) atoms. The summed E-state index contributed by atoms with van der Waals surface area (Å²) in [6.07, 6.45) is 0. The van der Waals surface area contributed by atoms with Crippen molar-refractivity contribution in [3.8, 4) is 0 Å².